The van der Waals surface area contributed by atoms with Crippen LogP contribution >= 0.6 is 24.8 Å². The summed E-state index contributed by atoms with van der Waals surface area (Å²) in [4.78, 5) is 0. The fourth-order valence-electron chi connectivity index (χ4n) is 1.71. The maximum Gasteiger partial charge on any atom is 0.0511 e. The fraction of sp³-hybridized carbons (Fsp3) is 0.400. The molecule has 2 atom stereocenters. The van der Waals surface area contributed by atoms with Crippen LogP contribution in [0, 0.1) is 4.78 Å². The van der Waals surface area contributed by atoms with Crippen LogP contribution in [0.4, 0.5) is 0 Å². The molecular weight excluding hydrogens is 267 g/mol. The van der Waals surface area contributed by atoms with Crippen molar-refractivity contribution in [2.24, 2.45) is 0 Å². The lowest BCUT2D eigenvalue weighted by Gasteiger charge is -2.25. The summed E-state index contributed by atoms with van der Waals surface area (Å²) in [5.74, 6) is 0.924. The molecule has 92 valence electrons. The van der Waals surface area contributed by atoms with Crippen LogP contribution in [-0.4, -0.2) is 22.3 Å². The van der Waals surface area contributed by atoms with E-state index in [0.717, 1.165) is 5.56 Å². The van der Waals surface area contributed by atoms with Crippen molar-refractivity contribution < 1.29 is 4.21 Å². The summed E-state index contributed by atoms with van der Waals surface area (Å²) in [6, 6.07) is 10.0. The van der Waals surface area contributed by atoms with Crippen molar-refractivity contribution in [1.82, 2.24) is 5.32 Å². The zero-order valence-corrected chi connectivity index (χ0v) is 11.2. The standard InChI is InChI=1S/C10H14N2OS.2ClH/c11-14(13)7-6-12-10(8-14)9-4-2-1-3-5-9;;/h1-5,10-12H,6-8H2;2*1H. The molecule has 1 fully saturated rings. The van der Waals surface area contributed by atoms with Crippen LogP contribution in [-0.2, 0) is 9.73 Å². The van der Waals surface area contributed by atoms with Crippen molar-refractivity contribution in [2.45, 2.75) is 6.04 Å². The van der Waals surface area contributed by atoms with Crippen LogP contribution in [0.1, 0.15) is 11.6 Å². The van der Waals surface area contributed by atoms with Gasteiger partial charge in [0, 0.05) is 28.1 Å². The van der Waals surface area contributed by atoms with E-state index >= 15 is 0 Å². The smallest absolute Gasteiger partial charge is 0.0511 e. The largest absolute Gasteiger partial charge is 0.308 e. The molecule has 0 aliphatic carbocycles. The summed E-state index contributed by atoms with van der Waals surface area (Å²) < 4.78 is 19.2. The molecule has 1 aliphatic rings. The van der Waals surface area contributed by atoms with Crippen molar-refractivity contribution in [3.05, 3.63) is 35.9 Å². The van der Waals surface area contributed by atoms with Gasteiger partial charge in [-0.3, -0.25) is 4.78 Å². The number of halogens is 2. The highest BCUT2D eigenvalue weighted by Crippen LogP contribution is 2.18. The van der Waals surface area contributed by atoms with E-state index in [4.69, 9.17) is 4.78 Å². The molecule has 6 heteroatoms. The Morgan fingerprint density at radius 2 is 1.88 bits per heavy atom. The molecule has 2 unspecified atom stereocenters. The van der Waals surface area contributed by atoms with E-state index < -0.39 is 9.73 Å². The van der Waals surface area contributed by atoms with E-state index in [1.807, 2.05) is 30.3 Å². The Labute approximate surface area is 109 Å². The molecule has 0 spiro atoms. The molecule has 0 aromatic heterocycles. The lowest BCUT2D eigenvalue weighted by molar-refractivity contribution is 0.566. The molecule has 0 radical (unpaired) electrons. The third-order valence-corrected chi connectivity index (χ3v) is 4.20. The van der Waals surface area contributed by atoms with Crippen LogP contribution in [0.15, 0.2) is 30.3 Å². The van der Waals surface area contributed by atoms with Crippen LogP contribution < -0.4 is 5.32 Å². The lowest BCUT2D eigenvalue weighted by atomic mass is 10.1. The van der Waals surface area contributed by atoms with Crippen LogP contribution in [0.5, 0.6) is 0 Å². The lowest BCUT2D eigenvalue weighted by Crippen LogP contribution is -2.38. The Kier molecular flexibility index (Phi) is 6.33. The van der Waals surface area contributed by atoms with Gasteiger partial charge >= 0.3 is 0 Å². The van der Waals surface area contributed by atoms with Gasteiger partial charge in [-0.25, -0.2) is 4.21 Å². The minimum atomic E-state index is -2.34. The van der Waals surface area contributed by atoms with Crippen molar-refractivity contribution in [3.8, 4) is 0 Å². The predicted octanol–water partition coefficient (Wildman–Crippen LogP) is 2.22. The highest BCUT2D eigenvalue weighted by Gasteiger charge is 2.22. The SMILES string of the molecule is Cl.Cl.N=S1(=O)CCNC(c2ccccc2)C1. The second-order valence-corrected chi connectivity index (χ2v) is 5.97. The second kappa shape index (κ2) is 6.45. The summed E-state index contributed by atoms with van der Waals surface area (Å²) in [5, 5.41) is 3.29. The van der Waals surface area contributed by atoms with E-state index in [1.165, 1.54) is 0 Å². The van der Waals surface area contributed by atoms with E-state index in [1.54, 1.807) is 0 Å². The average Bonchev–Trinajstić information content (AvgIpc) is 2.18. The second-order valence-electron chi connectivity index (χ2n) is 3.60. The molecule has 1 saturated heterocycles. The highest BCUT2D eigenvalue weighted by molar-refractivity contribution is 7.92. The molecule has 16 heavy (non-hydrogen) atoms. The summed E-state index contributed by atoms with van der Waals surface area (Å²) in [5.41, 5.74) is 1.13. The maximum atomic E-state index is 11.6. The van der Waals surface area contributed by atoms with Crippen molar-refractivity contribution in [2.75, 3.05) is 18.1 Å². The quantitative estimate of drug-likeness (QED) is 0.830. The molecule has 2 N–H and O–H groups in total. The monoisotopic (exact) mass is 282 g/mol. The minimum absolute atomic E-state index is 0. The minimum Gasteiger partial charge on any atom is -0.308 e. The molecule has 2 rings (SSSR count). The summed E-state index contributed by atoms with van der Waals surface area (Å²) >= 11 is 0. The van der Waals surface area contributed by atoms with Crippen molar-refractivity contribution in [3.63, 3.8) is 0 Å². The molecule has 0 amide bonds. The number of nitrogens with one attached hydrogen (secondary N) is 2. The third kappa shape index (κ3) is 3.94. The zero-order valence-electron chi connectivity index (χ0n) is 8.72. The van der Waals surface area contributed by atoms with Gasteiger partial charge in [0.2, 0.25) is 0 Å². The molecule has 1 aromatic carbocycles. The number of hydrogen-bond acceptors (Lipinski definition) is 3. The first-order valence-corrected chi connectivity index (χ1v) is 6.59. The van der Waals surface area contributed by atoms with Gasteiger partial charge in [-0.05, 0) is 5.56 Å². The van der Waals surface area contributed by atoms with Gasteiger partial charge < -0.3 is 5.32 Å². The Morgan fingerprint density at radius 3 is 2.44 bits per heavy atom. The van der Waals surface area contributed by atoms with Gasteiger partial charge in [0.05, 0.1) is 5.75 Å². The van der Waals surface area contributed by atoms with Gasteiger partial charge in [-0.2, -0.15) is 0 Å². The first-order chi connectivity index (χ1) is 6.67. The summed E-state index contributed by atoms with van der Waals surface area (Å²) in [6.07, 6.45) is 0. The first kappa shape index (κ1) is 15.7. The fourth-order valence-corrected chi connectivity index (χ4v) is 3.17. The van der Waals surface area contributed by atoms with Gasteiger partial charge in [0.25, 0.3) is 0 Å². The van der Waals surface area contributed by atoms with Crippen LogP contribution in [0.2, 0.25) is 0 Å². The Balaban J connectivity index is 0.00000112. The predicted molar refractivity (Wildman–Crippen MR) is 72.3 cm³/mol. The highest BCUT2D eigenvalue weighted by atomic mass is 35.5. The average molecular weight is 283 g/mol. The maximum absolute atomic E-state index is 11.6. The zero-order chi connectivity index (χ0) is 10.0. The third-order valence-electron chi connectivity index (χ3n) is 2.46. The van der Waals surface area contributed by atoms with E-state index in [-0.39, 0.29) is 30.9 Å². The van der Waals surface area contributed by atoms with Gasteiger partial charge in [0.15, 0.2) is 0 Å². The first-order valence-electron chi connectivity index (χ1n) is 4.70. The number of hydrogen-bond donors (Lipinski definition) is 2. The Morgan fingerprint density at radius 1 is 1.25 bits per heavy atom. The van der Waals surface area contributed by atoms with Crippen molar-refractivity contribution >= 4 is 34.5 Å². The van der Waals surface area contributed by atoms with E-state index in [0.29, 0.717) is 18.1 Å². The number of rotatable bonds is 1. The Hall–Kier alpha value is -0.290. The van der Waals surface area contributed by atoms with Crippen molar-refractivity contribution in [1.29, 1.82) is 4.78 Å². The molecule has 0 saturated carbocycles. The van der Waals surface area contributed by atoms with Crippen LogP contribution in [0.25, 0.3) is 0 Å². The number of benzene rings is 1. The van der Waals surface area contributed by atoms with Crippen LogP contribution in [0.3, 0.4) is 0 Å². The molecule has 1 heterocycles. The summed E-state index contributed by atoms with van der Waals surface area (Å²) in [6.45, 7) is 0.682. The summed E-state index contributed by atoms with van der Waals surface area (Å²) in [7, 11) is -2.34. The molecule has 1 aromatic rings. The van der Waals surface area contributed by atoms with Gasteiger partial charge in [-0.1, -0.05) is 30.3 Å². The van der Waals surface area contributed by atoms with E-state index in [9.17, 15) is 4.21 Å². The molecule has 1 aliphatic heterocycles. The molecular formula is C10H16Cl2N2OS. The van der Waals surface area contributed by atoms with E-state index in [2.05, 4.69) is 5.32 Å². The topological polar surface area (TPSA) is 53.0 Å². The van der Waals surface area contributed by atoms with Gasteiger partial charge in [-0.15, -0.1) is 24.8 Å². The normalized spacial score (nSPS) is 28.6. The molecule has 0 bridgehead atoms. The Bertz CT molecular complexity index is 408. The van der Waals surface area contributed by atoms with Gasteiger partial charge in [0.1, 0.15) is 0 Å². The molecule has 3 nitrogen and oxygen atoms in total.